The number of fused-ring (bicyclic) bond motifs is 1. The predicted molar refractivity (Wildman–Crippen MR) is 68.8 cm³/mol. The Morgan fingerprint density at radius 2 is 2.00 bits per heavy atom. The van der Waals surface area contributed by atoms with Gasteiger partial charge in [0, 0.05) is 11.6 Å². The third-order valence-electron chi connectivity index (χ3n) is 2.44. The summed E-state index contributed by atoms with van der Waals surface area (Å²) < 4.78 is 2.12. The van der Waals surface area contributed by atoms with Gasteiger partial charge in [-0.05, 0) is 27.4 Å². The van der Waals surface area contributed by atoms with E-state index < -0.39 is 0 Å². The number of rotatable bonds is 1. The number of aromatic nitrogens is 4. The van der Waals surface area contributed by atoms with Gasteiger partial charge in [0.25, 0.3) is 0 Å². The van der Waals surface area contributed by atoms with Crippen LogP contribution in [0.25, 0.3) is 16.6 Å². The van der Waals surface area contributed by atoms with Crippen LogP contribution in [0, 0.1) is 0 Å². The number of benzene rings is 1. The second kappa shape index (κ2) is 3.81. The fourth-order valence-corrected chi connectivity index (χ4v) is 2.14. The molecule has 3 aromatic rings. The summed E-state index contributed by atoms with van der Waals surface area (Å²) in [5, 5.41) is 6.20. The molecule has 0 aliphatic rings. The summed E-state index contributed by atoms with van der Waals surface area (Å²) in [6, 6.07) is 9.91. The number of halogens is 1. The average molecular weight is 290 g/mol. The lowest BCUT2D eigenvalue weighted by molar-refractivity contribution is 0.836. The second-order valence-electron chi connectivity index (χ2n) is 3.51. The maximum atomic E-state index is 5.56. The van der Waals surface area contributed by atoms with Crippen LogP contribution in [0.1, 0.15) is 0 Å². The highest BCUT2D eigenvalue weighted by Gasteiger charge is 2.10. The molecule has 0 saturated carbocycles. The Morgan fingerprint density at radius 1 is 1.18 bits per heavy atom. The zero-order valence-corrected chi connectivity index (χ0v) is 10.3. The van der Waals surface area contributed by atoms with E-state index in [4.69, 9.17) is 5.73 Å². The Labute approximate surface area is 105 Å². The highest BCUT2D eigenvalue weighted by molar-refractivity contribution is 9.10. The maximum Gasteiger partial charge on any atom is 0.240 e. The molecule has 2 heterocycles. The largest absolute Gasteiger partial charge is 0.366 e. The van der Waals surface area contributed by atoms with Gasteiger partial charge in [0.05, 0.1) is 0 Å². The molecule has 0 atom stereocenters. The van der Waals surface area contributed by atoms with Gasteiger partial charge in [-0.25, -0.2) is 4.98 Å². The molecule has 5 nitrogen and oxygen atoms in total. The van der Waals surface area contributed by atoms with Crippen LogP contribution in [-0.2, 0) is 0 Å². The molecule has 0 bridgehead atoms. The summed E-state index contributed by atoms with van der Waals surface area (Å²) in [6.45, 7) is 0. The molecule has 0 aliphatic heterocycles. The average Bonchev–Trinajstić information content (AvgIpc) is 2.68. The molecule has 0 spiro atoms. The van der Waals surface area contributed by atoms with Crippen LogP contribution < -0.4 is 5.73 Å². The minimum Gasteiger partial charge on any atom is -0.366 e. The Hall–Kier alpha value is -1.95. The molecule has 6 heteroatoms. The van der Waals surface area contributed by atoms with E-state index in [0.717, 1.165) is 10.8 Å². The Bertz CT molecular complexity index is 686. The van der Waals surface area contributed by atoms with Gasteiger partial charge in [-0.2, -0.15) is 9.67 Å². The zero-order chi connectivity index (χ0) is 11.8. The summed E-state index contributed by atoms with van der Waals surface area (Å²) in [4.78, 5) is 8.33. The molecule has 2 aromatic heterocycles. The molecular weight excluding hydrogens is 282 g/mol. The molecule has 17 heavy (non-hydrogen) atoms. The van der Waals surface area contributed by atoms with Crippen LogP contribution in [0.2, 0.25) is 0 Å². The highest BCUT2D eigenvalue weighted by atomic mass is 79.9. The SMILES string of the molecule is Nc1nc(Br)n(-c2nccc3ccccc23)n1. The van der Waals surface area contributed by atoms with Gasteiger partial charge < -0.3 is 5.73 Å². The molecule has 0 aliphatic carbocycles. The molecule has 0 amide bonds. The van der Waals surface area contributed by atoms with Crippen molar-refractivity contribution in [1.82, 2.24) is 19.7 Å². The van der Waals surface area contributed by atoms with Gasteiger partial charge >= 0.3 is 0 Å². The zero-order valence-electron chi connectivity index (χ0n) is 8.71. The first-order valence-corrected chi connectivity index (χ1v) is 5.77. The fraction of sp³-hybridized carbons (Fsp3) is 0. The number of anilines is 1. The van der Waals surface area contributed by atoms with Crippen LogP contribution in [-0.4, -0.2) is 19.7 Å². The number of hydrogen-bond donors (Lipinski definition) is 1. The maximum absolute atomic E-state index is 5.56. The lowest BCUT2D eigenvalue weighted by Crippen LogP contribution is -2.01. The third-order valence-corrected chi connectivity index (χ3v) is 2.95. The first-order chi connectivity index (χ1) is 8.25. The lowest BCUT2D eigenvalue weighted by atomic mass is 10.2. The van der Waals surface area contributed by atoms with E-state index in [-0.39, 0.29) is 5.95 Å². The van der Waals surface area contributed by atoms with E-state index in [2.05, 4.69) is 31.0 Å². The highest BCUT2D eigenvalue weighted by Crippen LogP contribution is 2.22. The third kappa shape index (κ3) is 1.66. The van der Waals surface area contributed by atoms with Crippen molar-refractivity contribution in [3.05, 3.63) is 41.3 Å². The van der Waals surface area contributed by atoms with Gasteiger partial charge in [-0.3, -0.25) is 0 Å². The van der Waals surface area contributed by atoms with Crippen molar-refractivity contribution >= 4 is 32.7 Å². The molecule has 1 aromatic carbocycles. The van der Waals surface area contributed by atoms with Gasteiger partial charge in [0.15, 0.2) is 5.82 Å². The first kappa shape index (κ1) is 10.2. The summed E-state index contributed by atoms with van der Waals surface area (Å²) in [5.74, 6) is 0.922. The van der Waals surface area contributed by atoms with Gasteiger partial charge in [-0.15, -0.1) is 5.10 Å². The quantitative estimate of drug-likeness (QED) is 0.745. The normalized spacial score (nSPS) is 10.9. The Kier molecular flexibility index (Phi) is 2.29. The van der Waals surface area contributed by atoms with Crippen molar-refractivity contribution in [2.45, 2.75) is 0 Å². The van der Waals surface area contributed by atoms with Crippen molar-refractivity contribution in [3.8, 4) is 5.82 Å². The molecule has 0 fully saturated rings. The van der Waals surface area contributed by atoms with Crippen molar-refractivity contribution in [1.29, 1.82) is 0 Å². The van der Waals surface area contributed by atoms with E-state index in [0.29, 0.717) is 10.6 Å². The summed E-state index contributed by atoms with van der Waals surface area (Å²) >= 11 is 3.31. The number of hydrogen-bond acceptors (Lipinski definition) is 4. The smallest absolute Gasteiger partial charge is 0.240 e. The van der Waals surface area contributed by atoms with E-state index in [9.17, 15) is 0 Å². The number of nitrogens with two attached hydrogens (primary N) is 1. The van der Waals surface area contributed by atoms with Gasteiger partial charge in [-0.1, -0.05) is 24.3 Å². The minimum atomic E-state index is 0.214. The van der Waals surface area contributed by atoms with Crippen LogP contribution in [0.15, 0.2) is 41.3 Å². The molecule has 84 valence electrons. The Morgan fingerprint density at radius 3 is 2.76 bits per heavy atom. The van der Waals surface area contributed by atoms with E-state index in [1.807, 2.05) is 30.3 Å². The van der Waals surface area contributed by atoms with Gasteiger partial charge in [0.2, 0.25) is 10.7 Å². The predicted octanol–water partition coefficient (Wildman–Crippen LogP) is 2.16. The van der Waals surface area contributed by atoms with Crippen LogP contribution >= 0.6 is 15.9 Å². The minimum absolute atomic E-state index is 0.214. The van der Waals surface area contributed by atoms with E-state index in [1.54, 1.807) is 10.9 Å². The van der Waals surface area contributed by atoms with Crippen molar-refractivity contribution in [2.75, 3.05) is 5.73 Å². The number of nitrogen functional groups attached to an aromatic ring is 1. The molecule has 0 saturated heterocycles. The van der Waals surface area contributed by atoms with Crippen LogP contribution in [0.5, 0.6) is 0 Å². The molecule has 0 unspecified atom stereocenters. The second-order valence-corrected chi connectivity index (χ2v) is 4.22. The summed E-state index contributed by atoms with van der Waals surface area (Å²) in [5.41, 5.74) is 5.56. The summed E-state index contributed by atoms with van der Waals surface area (Å²) in [6.07, 6.45) is 1.74. The van der Waals surface area contributed by atoms with E-state index in [1.165, 1.54) is 0 Å². The monoisotopic (exact) mass is 289 g/mol. The van der Waals surface area contributed by atoms with Crippen molar-refractivity contribution in [3.63, 3.8) is 0 Å². The number of nitrogens with zero attached hydrogens (tertiary/aromatic N) is 4. The molecular formula is C11H8BrN5. The van der Waals surface area contributed by atoms with E-state index >= 15 is 0 Å². The van der Waals surface area contributed by atoms with Crippen LogP contribution in [0.3, 0.4) is 0 Å². The van der Waals surface area contributed by atoms with Crippen molar-refractivity contribution < 1.29 is 0 Å². The van der Waals surface area contributed by atoms with Crippen LogP contribution in [0.4, 0.5) is 5.95 Å². The molecule has 0 radical (unpaired) electrons. The molecule has 2 N–H and O–H groups in total. The first-order valence-electron chi connectivity index (χ1n) is 4.98. The standard InChI is InChI=1S/C11H8BrN5/c12-10-15-11(13)16-17(10)9-8-4-2-1-3-7(8)5-6-14-9/h1-6H,(H2,13,16). The number of pyridine rings is 1. The van der Waals surface area contributed by atoms with Gasteiger partial charge in [0.1, 0.15) is 0 Å². The topological polar surface area (TPSA) is 69.6 Å². The summed E-state index contributed by atoms with van der Waals surface area (Å²) in [7, 11) is 0. The fourth-order valence-electron chi connectivity index (χ4n) is 1.72. The molecule has 3 rings (SSSR count). The lowest BCUT2D eigenvalue weighted by Gasteiger charge is -2.04. The van der Waals surface area contributed by atoms with Crippen molar-refractivity contribution in [2.24, 2.45) is 0 Å². The Balaban J connectivity index is 2.34.